The van der Waals surface area contributed by atoms with Gasteiger partial charge >= 0.3 is 0 Å². The van der Waals surface area contributed by atoms with E-state index in [0.29, 0.717) is 22.3 Å². The van der Waals surface area contributed by atoms with Crippen LogP contribution in [0.25, 0.3) is 0 Å². The average molecular weight is 193 g/mol. The summed E-state index contributed by atoms with van der Waals surface area (Å²) in [5.41, 5.74) is 8.13. The monoisotopic (exact) mass is 193 g/mol. The van der Waals surface area contributed by atoms with Crippen molar-refractivity contribution >= 4 is 0 Å². The van der Waals surface area contributed by atoms with Crippen molar-refractivity contribution in [3.8, 4) is 0 Å². The largest absolute Gasteiger partial charge is 0.327 e. The molecule has 1 heteroatoms. The third kappa shape index (κ3) is 0.997. The molecule has 2 N–H and O–H groups in total. The Morgan fingerprint density at radius 1 is 0.929 bits per heavy atom. The first-order chi connectivity index (χ1) is 6.34. The molecule has 4 aliphatic rings. The predicted octanol–water partition coefficient (Wildman–Crippen LogP) is 2.94. The van der Waals surface area contributed by atoms with Crippen LogP contribution >= 0.6 is 0 Å². The molecule has 0 amide bonds. The van der Waals surface area contributed by atoms with Crippen LogP contribution in [0.3, 0.4) is 0 Å². The lowest BCUT2D eigenvalue weighted by Gasteiger charge is -2.67. The van der Waals surface area contributed by atoms with Gasteiger partial charge in [-0.25, -0.2) is 0 Å². The minimum Gasteiger partial charge on any atom is -0.327 e. The third-order valence-electron chi connectivity index (χ3n) is 5.34. The van der Waals surface area contributed by atoms with Gasteiger partial charge in [0.2, 0.25) is 0 Å². The minimum atomic E-state index is 0.461. The molecule has 0 aromatic rings. The Morgan fingerprint density at radius 2 is 1.43 bits per heavy atom. The van der Waals surface area contributed by atoms with Crippen LogP contribution in [0.1, 0.15) is 52.9 Å². The standard InChI is InChI=1S/C13H23N/c1-11-4-9-5-12(2,6-11)8-13(3,7-11)10(9)14/h9-10H,4-8,14H2,1-3H3. The maximum atomic E-state index is 6.42. The van der Waals surface area contributed by atoms with Crippen LogP contribution in [-0.4, -0.2) is 6.04 Å². The summed E-state index contributed by atoms with van der Waals surface area (Å²) >= 11 is 0. The molecule has 0 radical (unpaired) electrons. The van der Waals surface area contributed by atoms with E-state index in [9.17, 15) is 0 Å². The molecule has 0 aromatic heterocycles. The van der Waals surface area contributed by atoms with E-state index in [1.807, 2.05) is 0 Å². The second-order valence-corrected chi connectivity index (χ2v) is 7.50. The quantitative estimate of drug-likeness (QED) is 0.629. The van der Waals surface area contributed by atoms with E-state index in [4.69, 9.17) is 5.73 Å². The summed E-state index contributed by atoms with van der Waals surface area (Å²) in [4.78, 5) is 0. The second kappa shape index (κ2) is 2.21. The highest BCUT2D eigenvalue weighted by atomic mass is 14.8. The number of nitrogens with two attached hydrogens (primary N) is 1. The summed E-state index contributed by atoms with van der Waals surface area (Å²) in [5.74, 6) is 0.825. The summed E-state index contributed by atoms with van der Waals surface area (Å²) in [7, 11) is 0. The summed E-state index contributed by atoms with van der Waals surface area (Å²) in [6.07, 6.45) is 7.03. The zero-order valence-electron chi connectivity index (χ0n) is 9.77. The summed E-state index contributed by atoms with van der Waals surface area (Å²) in [6.45, 7) is 7.44. The molecule has 0 aromatic carbocycles. The van der Waals surface area contributed by atoms with E-state index in [1.165, 1.54) is 32.1 Å². The molecule has 0 heterocycles. The fourth-order valence-corrected chi connectivity index (χ4v) is 5.85. The zero-order chi connectivity index (χ0) is 10.2. The van der Waals surface area contributed by atoms with Crippen molar-refractivity contribution in [2.24, 2.45) is 27.9 Å². The Labute approximate surface area is 87.4 Å². The molecule has 14 heavy (non-hydrogen) atoms. The van der Waals surface area contributed by atoms with Crippen molar-refractivity contribution in [1.82, 2.24) is 0 Å². The van der Waals surface area contributed by atoms with E-state index in [-0.39, 0.29) is 0 Å². The molecule has 1 nitrogen and oxygen atoms in total. The fraction of sp³-hybridized carbons (Fsp3) is 1.00. The molecule has 0 saturated heterocycles. The van der Waals surface area contributed by atoms with Crippen LogP contribution < -0.4 is 5.73 Å². The number of hydrogen-bond donors (Lipinski definition) is 1. The summed E-state index contributed by atoms with van der Waals surface area (Å²) < 4.78 is 0. The van der Waals surface area contributed by atoms with E-state index >= 15 is 0 Å². The zero-order valence-corrected chi connectivity index (χ0v) is 9.77. The third-order valence-corrected chi connectivity index (χ3v) is 5.34. The van der Waals surface area contributed by atoms with Crippen LogP contribution in [0.4, 0.5) is 0 Å². The molecule has 3 unspecified atom stereocenters. The van der Waals surface area contributed by atoms with Gasteiger partial charge in [0.05, 0.1) is 0 Å². The average Bonchev–Trinajstić information content (AvgIpc) is 1.94. The normalized spacial score (nSPS) is 66.0. The highest BCUT2D eigenvalue weighted by Gasteiger charge is 2.61. The van der Waals surface area contributed by atoms with Gasteiger partial charge in [-0.3, -0.25) is 0 Å². The minimum absolute atomic E-state index is 0.461. The van der Waals surface area contributed by atoms with Crippen molar-refractivity contribution in [3.63, 3.8) is 0 Å². The van der Waals surface area contributed by atoms with Gasteiger partial charge in [-0.1, -0.05) is 20.8 Å². The van der Waals surface area contributed by atoms with E-state index in [0.717, 1.165) is 5.92 Å². The molecule has 80 valence electrons. The van der Waals surface area contributed by atoms with E-state index in [2.05, 4.69) is 20.8 Å². The van der Waals surface area contributed by atoms with Crippen LogP contribution in [0.2, 0.25) is 0 Å². The molecule has 0 spiro atoms. The lowest BCUT2D eigenvalue weighted by molar-refractivity contribution is -0.149. The Balaban J connectivity index is 2.06. The van der Waals surface area contributed by atoms with Gasteiger partial charge in [-0.15, -0.1) is 0 Å². The van der Waals surface area contributed by atoms with E-state index < -0.39 is 0 Å². The van der Waals surface area contributed by atoms with Gasteiger partial charge in [0.25, 0.3) is 0 Å². The van der Waals surface area contributed by atoms with Crippen molar-refractivity contribution < 1.29 is 0 Å². The Morgan fingerprint density at radius 3 is 1.86 bits per heavy atom. The molecule has 4 rings (SSSR count). The lowest BCUT2D eigenvalue weighted by atomic mass is 9.39. The first-order valence-corrected chi connectivity index (χ1v) is 6.10. The molecule has 4 saturated carbocycles. The first-order valence-electron chi connectivity index (χ1n) is 6.10. The highest BCUT2D eigenvalue weighted by Crippen LogP contribution is 2.68. The molecule has 0 aliphatic heterocycles. The van der Waals surface area contributed by atoms with Gasteiger partial charge < -0.3 is 5.73 Å². The van der Waals surface area contributed by atoms with Crippen LogP contribution in [0.5, 0.6) is 0 Å². The van der Waals surface area contributed by atoms with Gasteiger partial charge in [0.15, 0.2) is 0 Å². The van der Waals surface area contributed by atoms with Gasteiger partial charge in [0.1, 0.15) is 0 Å². The van der Waals surface area contributed by atoms with Crippen molar-refractivity contribution in [2.45, 2.75) is 58.9 Å². The Hall–Kier alpha value is -0.0400. The maximum Gasteiger partial charge on any atom is 0.0122 e. The van der Waals surface area contributed by atoms with Crippen LogP contribution in [0, 0.1) is 22.2 Å². The fourth-order valence-electron chi connectivity index (χ4n) is 5.85. The Kier molecular flexibility index (Phi) is 1.45. The first kappa shape index (κ1) is 9.21. The topological polar surface area (TPSA) is 26.0 Å². The van der Waals surface area contributed by atoms with Crippen molar-refractivity contribution in [2.75, 3.05) is 0 Å². The molecular formula is C13H23N. The second-order valence-electron chi connectivity index (χ2n) is 7.50. The molecule has 4 fully saturated rings. The maximum absolute atomic E-state index is 6.42. The van der Waals surface area contributed by atoms with Crippen LogP contribution in [-0.2, 0) is 0 Å². The van der Waals surface area contributed by atoms with Crippen molar-refractivity contribution in [1.29, 1.82) is 0 Å². The summed E-state index contributed by atoms with van der Waals surface area (Å²) in [5, 5.41) is 0. The van der Waals surface area contributed by atoms with Crippen molar-refractivity contribution in [3.05, 3.63) is 0 Å². The molecular weight excluding hydrogens is 170 g/mol. The summed E-state index contributed by atoms with van der Waals surface area (Å²) in [6, 6.07) is 0.490. The number of hydrogen-bond acceptors (Lipinski definition) is 1. The van der Waals surface area contributed by atoms with Gasteiger partial charge in [0, 0.05) is 6.04 Å². The molecule has 4 bridgehead atoms. The lowest BCUT2D eigenvalue weighted by Crippen LogP contribution is -2.64. The molecule has 3 atom stereocenters. The predicted molar refractivity (Wildman–Crippen MR) is 58.9 cm³/mol. The van der Waals surface area contributed by atoms with Crippen LogP contribution in [0.15, 0.2) is 0 Å². The van der Waals surface area contributed by atoms with E-state index in [1.54, 1.807) is 0 Å². The Bertz CT molecular complexity index is 265. The van der Waals surface area contributed by atoms with Gasteiger partial charge in [-0.2, -0.15) is 0 Å². The number of rotatable bonds is 0. The smallest absolute Gasteiger partial charge is 0.0122 e. The van der Waals surface area contributed by atoms with Gasteiger partial charge in [-0.05, 0) is 54.3 Å². The molecule has 4 aliphatic carbocycles. The SMILES string of the molecule is CC12CC3CC(C)(C1)CC(C)(C2)C3N. The highest BCUT2D eigenvalue weighted by molar-refractivity contribution is 5.13.